The molecular formula is C19H25N5O. The molecule has 0 spiro atoms. The van der Waals surface area contributed by atoms with Gasteiger partial charge < -0.3 is 10.2 Å². The Labute approximate surface area is 148 Å². The van der Waals surface area contributed by atoms with Gasteiger partial charge in [0, 0.05) is 13.1 Å². The highest BCUT2D eigenvalue weighted by Gasteiger charge is 2.31. The molecule has 132 valence electrons. The smallest absolute Gasteiger partial charge is 0.276 e. The van der Waals surface area contributed by atoms with Crippen molar-refractivity contribution in [3.63, 3.8) is 0 Å². The van der Waals surface area contributed by atoms with Crippen LogP contribution >= 0.6 is 0 Å². The molecule has 2 aromatic rings. The molecule has 1 amide bonds. The predicted molar refractivity (Wildman–Crippen MR) is 95.1 cm³/mol. The molecule has 25 heavy (non-hydrogen) atoms. The van der Waals surface area contributed by atoms with Crippen molar-refractivity contribution in [2.24, 2.45) is 5.92 Å². The lowest BCUT2D eigenvalue weighted by molar-refractivity contribution is 0.0729. The van der Waals surface area contributed by atoms with Gasteiger partial charge in [0.25, 0.3) is 5.91 Å². The van der Waals surface area contributed by atoms with Gasteiger partial charge in [0.05, 0.1) is 12.2 Å². The first-order chi connectivity index (χ1) is 12.3. The zero-order chi connectivity index (χ0) is 17.1. The van der Waals surface area contributed by atoms with Crippen molar-refractivity contribution in [2.75, 3.05) is 19.6 Å². The lowest BCUT2D eigenvalue weighted by Crippen LogP contribution is -2.32. The molecule has 0 radical (unpaired) electrons. The maximum absolute atomic E-state index is 12.9. The van der Waals surface area contributed by atoms with E-state index < -0.39 is 0 Å². The average Bonchev–Trinajstić information content (AvgIpc) is 3.32. The van der Waals surface area contributed by atoms with Gasteiger partial charge in [0.2, 0.25) is 0 Å². The minimum atomic E-state index is -0.000581. The number of carbonyl (C=O) groups is 1. The number of hydrogen-bond donors (Lipinski definition) is 1. The standard InChI is InChI=1S/C19H25N5O/c25-19(24-11-5-9-18(24)16-7-2-1-3-8-16)17-14-23(22-21-17)13-15-6-4-10-20-12-15/h1-3,7-8,14-15,18,20H,4-6,9-13H2. The molecule has 2 aliphatic heterocycles. The Morgan fingerprint density at radius 2 is 2.08 bits per heavy atom. The molecule has 1 aromatic heterocycles. The minimum Gasteiger partial charge on any atom is -0.330 e. The molecule has 2 atom stereocenters. The maximum Gasteiger partial charge on any atom is 0.276 e. The highest BCUT2D eigenvalue weighted by atomic mass is 16.2. The van der Waals surface area contributed by atoms with Gasteiger partial charge >= 0.3 is 0 Å². The van der Waals surface area contributed by atoms with E-state index >= 15 is 0 Å². The largest absolute Gasteiger partial charge is 0.330 e. The van der Waals surface area contributed by atoms with E-state index in [1.165, 1.54) is 18.4 Å². The molecule has 6 nitrogen and oxygen atoms in total. The second-order valence-electron chi connectivity index (χ2n) is 7.11. The summed E-state index contributed by atoms with van der Waals surface area (Å²) in [7, 11) is 0. The molecule has 0 aliphatic carbocycles. The SMILES string of the molecule is O=C(c1cn(CC2CCCNC2)nn1)N1CCCC1c1ccccc1. The first-order valence-corrected chi connectivity index (χ1v) is 9.28. The third kappa shape index (κ3) is 3.58. The number of amides is 1. The minimum absolute atomic E-state index is 0.000581. The average molecular weight is 339 g/mol. The molecule has 1 N–H and O–H groups in total. The summed E-state index contributed by atoms with van der Waals surface area (Å²) >= 11 is 0. The molecule has 2 aliphatic rings. The number of piperidine rings is 1. The number of nitrogens with one attached hydrogen (secondary N) is 1. The van der Waals surface area contributed by atoms with Gasteiger partial charge in [-0.3, -0.25) is 9.48 Å². The van der Waals surface area contributed by atoms with E-state index in [1.807, 2.05) is 34.0 Å². The number of hydrogen-bond acceptors (Lipinski definition) is 4. The summed E-state index contributed by atoms with van der Waals surface area (Å²) in [5.74, 6) is 0.571. The summed E-state index contributed by atoms with van der Waals surface area (Å²) in [6.45, 7) is 3.74. The number of aromatic nitrogens is 3. The lowest BCUT2D eigenvalue weighted by Gasteiger charge is -2.24. The van der Waals surface area contributed by atoms with Crippen LogP contribution in [0.1, 0.15) is 47.8 Å². The molecular weight excluding hydrogens is 314 g/mol. The Bertz CT molecular complexity index is 708. The highest BCUT2D eigenvalue weighted by Crippen LogP contribution is 2.32. The van der Waals surface area contributed by atoms with E-state index in [1.54, 1.807) is 0 Å². The molecule has 0 bridgehead atoms. The lowest BCUT2D eigenvalue weighted by atomic mass is 10.00. The molecule has 3 heterocycles. The molecule has 2 saturated heterocycles. The van der Waals surface area contributed by atoms with Crippen LogP contribution in [0, 0.1) is 5.92 Å². The highest BCUT2D eigenvalue weighted by molar-refractivity contribution is 5.92. The quantitative estimate of drug-likeness (QED) is 0.928. The third-order valence-electron chi connectivity index (χ3n) is 5.30. The Kier molecular flexibility index (Phi) is 4.78. The summed E-state index contributed by atoms with van der Waals surface area (Å²) in [4.78, 5) is 14.9. The zero-order valence-corrected chi connectivity index (χ0v) is 14.5. The number of likely N-dealkylation sites (tertiary alicyclic amines) is 1. The Hall–Kier alpha value is -2.21. The van der Waals surface area contributed by atoms with Crippen molar-refractivity contribution in [1.82, 2.24) is 25.2 Å². The second-order valence-corrected chi connectivity index (χ2v) is 7.11. The molecule has 0 saturated carbocycles. The first kappa shape index (κ1) is 16.3. The van der Waals surface area contributed by atoms with Gasteiger partial charge in [-0.25, -0.2) is 0 Å². The van der Waals surface area contributed by atoms with Crippen molar-refractivity contribution >= 4 is 5.91 Å². The van der Waals surface area contributed by atoms with Crippen LogP contribution in [0.4, 0.5) is 0 Å². The number of carbonyl (C=O) groups excluding carboxylic acids is 1. The first-order valence-electron chi connectivity index (χ1n) is 9.28. The van der Waals surface area contributed by atoms with Crippen LogP contribution in [0.15, 0.2) is 36.5 Å². The summed E-state index contributed by atoms with van der Waals surface area (Å²) in [5.41, 5.74) is 1.67. The topological polar surface area (TPSA) is 63.1 Å². The normalized spacial score (nSPS) is 23.8. The third-order valence-corrected chi connectivity index (χ3v) is 5.30. The zero-order valence-electron chi connectivity index (χ0n) is 14.5. The molecule has 4 rings (SSSR count). The summed E-state index contributed by atoms with van der Waals surface area (Å²) in [6.07, 6.45) is 6.28. The van der Waals surface area contributed by atoms with Gasteiger partial charge in [-0.1, -0.05) is 35.5 Å². The van der Waals surface area contributed by atoms with Crippen molar-refractivity contribution < 1.29 is 4.79 Å². The number of nitrogens with zero attached hydrogens (tertiary/aromatic N) is 4. The molecule has 2 fully saturated rings. The van der Waals surface area contributed by atoms with E-state index in [2.05, 4.69) is 27.8 Å². The fourth-order valence-electron chi connectivity index (χ4n) is 4.01. The van der Waals surface area contributed by atoms with Gasteiger partial charge in [0.1, 0.15) is 0 Å². The predicted octanol–water partition coefficient (Wildman–Crippen LogP) is 2.25. The van der Waals surface area contributed by atoms with Crippen molar-refractivity contribution in [3.8, 4) is 0 Å². The van der Waals surface area contributed by atoms with Crippen molar-refractivity contribution in [3.05, 3.63) is 47.8 Å². The Morgan fingerprint density at radius 1 is 1.20 bits per heavy atom. The summed E-state index contributed by atoms with van der Waals surface area (Å²) in [5, 5.41) is 11.8. The van der Waals surface area contributed by atoms with Gasteiger partial charge in [-0.15, -0.1) is 5.10 Å². The molecule has 1 aromatic carbocycles. The van der Waals surface area contributed by atoms with E-state index in [9.17, 15) is 4.79 Å². The Morgan fingerprint density at radius 3 is 2.88 bits per heavy atom. The van der Waals surface area contributed by atoms with Crippen LogP contribution in [0.5, 0.6) is 0 Å². The van der Waals surface area contributed by atoms with Gasteiger partial charge in [0.15, 0.2) is 5.69 Å². The van der Waals surface area contributed by atoms with Crippen LogP contribution in [0.25, 0.3) is 0 Å². The van der Waals surface area contributed by atoms with Crippen LogP contribution in [0.3, 0.4) is 0 Å². The van der Waals surface area contributed by atoms with E-state index in [4.69, 9.17) is 0 Å². The van der Waals surface area contributed by atoms with E-state index in [0.717, 1.165) is 39.0 Å². The Balaban J connectivity index is 1.45. The maximum atomic E-state index is 12.9. The van der Waals surface area contributed by atoms with Crippen LogP contribution < -0.4 is 5.32 Å². The van der Waals surface area contributed by atoms with Crippen LogP contribution in [-0.4, -0.2) is 45.4 Å². The summed E-state index contributed by atoms with van der Waals surface area (Å²) < 4.78 is 1.83. The molecule has 6 heteroatoms. The number of benzene rings is 1. The molecule has 2 unspecified atom stereocenters. The van der Waals surface area contributed by atoms with Gasteiger partial charge in [-0.2, -0.15) is 0 Å². The fraction of sp³-hybridized carbons (Fsp3) is 0.526. The van der Waals surface area contributed by atoms with Crippen molar-refractivity contribution in [1.29, 1.82) is 0 Å². The van der Waals surface area contributed by atoms with Crippen LogP contribution in [-0.2, 0) is 6.54 Å². The van der Waals surface area contributed by atoms with Gasteiger partial charge in [-0.05, 0) is 50.3 Å². The summed E-state index contributed by atoms with van der Waals surface area (Å²) in [6, 6.07) is 10.4. The van der Waals surface area contributed by atoms with Crippen molar-refractivity contribution in [2.45, 2.75) is 38.3 Å². The van der Waals surface area contributed by atoms with Crippen LogP contribution in [0.2, 0.25) is 0 Å². The monoisotopic (exact) mass is 339 g/mol. The van der Waals surface area contributed by atoms with E-state index in [-0.39, 0.29) is 11.9 Å². The number of rotatable bonds is 4. The second kappa shape index (κ2) is 7.35. The van der Waals surface area contributed by atoms with E-state index in [0.29, 0.717) is 11.6 Å². The fourth-order valence-corrected chi connectivity index (χ4v) is 4.01.